The Morgan fingerprint density at radius 3 is 2.92 bits per heavy atom. The lowest BCUT2D eigenvalue weighted by molar-refractivity contribution is -0.129. The molecule has 1 aromatic heterocycles. The number of fused-ring (bicyclic) bond motifs is 2. The van der Waals surface area contributed by atoms with Crippen molar-refractivity contribution in [3.63, 3.8) is 0 Å². The van der Waals surface area contributed by atoms with E-state index < -0.39 is 0 Å². The largest absolute Gasteiger partial charge is 0.338 e. The molecular formula is C19H18N2OS2. The van der Waals surface area contributed by atoms with Gasteiger partial charge in [0.25, 0.3) is 0 Å². The van der Waals surface area contributed by atoms with E-state index >= 15 is 0 Å². The van der Waals surface area contributed by atoms with Crippen LogP contribution in [0, 0.1) is 0 Å². The molecule has 1 atom stereocenters. The van der Waals surface area contributed by atoms with Crippen molar-refractivity contribution in [1.82, 2.24) is 9.88 Å². The van der Waals surface area contributed by atoms with Crippen molar-refractivity contribution in [2.45, 2.75) is 23.2 Å². The van der Waals surface area contributed by atoms with Crippen molar-refractivity contribution in [3.8, 4) is 0 Å². The fourth-order valence-corrected chi connectivity index (χ4v) is 5.24. The molecule has 3 nitrogen and oxygen atoms in total. The zero-order valence-electron chi connectivity index (χ0n) is 13.4. The number of carbonyl (C=O) groups is 1. The Labute approximate surface area is 149 Å². The molecule has 2 aromatic carbocycles. The summed E-state index contributed by atoms with van der Waals surface area (Å²) >= 11 is 3.19. The molecule has 4 rings (SSSR count). The number of hydrogen-bond acceptors (Lipinski definition) is 4. The van der Waals surface area contributed by atoms with Gasteiger partial charge in [-0.2, -0.15) is 0 Å². The molecule has 0 radical (unpaired) electrons. The SMILES string of the molecule is CN(C(=O)CSc1nc2ccccc2s1)[C@@H]1CCc2ccccc21. The van der Waals surface area contributed by atoms with E-state index in [1.165, 1.54) is 27.6 Å². The van der Waals surface area contributed by atoms with Crippen LogP contribution < -0.4 is 0 Å². The first-order valence-corrected chi connectivity index (χ1v) is 9.84. The van der Waals surface area contributed by atoms with E-state index in [1.807, 2.05) is 30.1 Å². The molecule has 3 aromatic rings. The Kier molecular flexibility index (Phi) is 4.29. The summed E-state index contributed by atoms with van der Waals surface area (Å²) in [5, 5.41) is 0. The third-order valence-electron chi connectivity index (χ3n) is 4.56. The summed E-state index contributed by atoms with van der Waals surface area (Å²) in [5.41, 5.74) is 3.69. The van der Waals surface area contributed by atoms with Crippen LogP contribution in [-0.2, 0) is 11.2 Å². The van der Waals surface area contributed by atoms with Gasteiger partial charge >= 0.3 is 0 Å². The molecule has 0 aliphatic heterocycles. The molecule has 0 N–H and O–H groups in total. The molecule has 0 unspecified atom stereocenters. The van der Waals surface area contributed by atoms with Crippen molar-refractivity contribution in [1.29, 1.82) is 0 Å². The van der Waals surface area contributed by atoms with Gasteiger partial charge in [-0.15, -0.1) is 11.3 Å². The summed E-state index contributed by atoms with van der Waals surface area (Å²) in [6, 6.07) is 16.8. The van der Waals surface area contributed by atoms with Gasteiger partial charge in [0.15, 0.2) is 4.34 Å². The lowest BCUT2D eigenvalue weighted by Crippen LogP contribution is -2.31. The smallest absolute Gasteiger partial charge is 0.233 e. The summed E-state index contributed by atoms with van der Waals surface area (Å²) in [6.45, 7) is 0. The van der Waals surface area contributed by atoms with Crippen molar-refractivity contribution in [3.05, 3.63) is 59.7 Å². The third-order valence-corrected chi connectivity index (χ3v) is 6.72. The highest BCUT2D eigenvalue weighted by Gasteiger charge is 2.28. The van der Waals surface area contributed by atoms with Gasteiger partial charge in [0.1, 0.15) is 0 Å². The number of carbonyl (C=O) groups excluding carboxylic acids is 1. The zero-order valence-corrected chi connectivity index (χ0v) is 15.1. The Morgan fingerprint density at radius 2 is 2.04 bits per heavy atom. The van der Waals surface area contributed by atoms with Crippen molar-refractivity contribution in [2.24, 2.45) is 0 Å². The van der Waals surface area contributed by atoms with Gasteiger partial charge in [-0.1, -0.05) is 48.2 Å². The highest BCUT2D eigenvalue weighted by Crippen LogP contribution is 2.35. The number of nitrogens with zero attached hydrogens (tertiary/aromatic N) is 2. The fraction of sp³-hybridized carbons (Fsp3) is 0.263. The van der Waals surface area contributed by atoms with Crippen LogP contribution in [-0.4, -0.2) is 28.6 Å². The first-order chi connectivity index (χ1) is 11.7. The van der Waals surface area contributed by atoms with E-state index in [2.05, 4.69) is 35.3 Å². The maximum atomic E-state index is 12.6. The van der Waals surface area contributed by atoms with Gasteiger partial charge < -0.3 is 4.90 Å². The molecule has 0 bridgehead atoms. The summed E-state index contributed by atoms with van der Waals surface area (Å²) < 4.78 is 2.13. The molecule has 24 heavy (non-hydrogen) atoms. The molecule has 1 aliphatic carbocycles. The lowest BCUT2D eigenvalue weighted by atomic mass is 10.1. The number of hydrogen-bond donors (Lipinski definition) is 0. The second-order valence-electron chi connectivity index (χ2n) is 5.99. The maximum Gasteiger partial charge on any atom is 0.233 e. The van der Waals surface area contributed by atoms with Crippen molar-refractivity contribution in [2.75, 3.05) is 12.8 Å². The third kappa shape index (κ3) is 2.94. The van der Waals surface area contributed by atoms with Crippen LogP contribution in [0.2, 0.25) is 0 Å². The summed E-state index contributed by atoms with van der Waals surface area (Å²) in [6.07, 6.45) is 2.08. The fourth-order valence-electron chi connectivity index (χ4n) is 3.25. The average molecular weight is 355 g/mol. The summed E-state index contributed by atoms with van der Waals surface area (Å²) in [5.74, 6) is 0.607. The monoisotopic (exact) mass is 354 g/mol. The molecule has 1 amide bonds. The first kappa shape index (κ1) is 15.7. The number of para-hydroxylation sites is 1. The van der Waals surface area contributed by atoms with Gasteiger partial charge in [0, 0.05) is 7.05 Å². The van der Waals surface area contributed by atoms with E-state index in [9.17, 15) is 4.79 Å². The Bertz CT molecular complexity index is 857. The molecule has 1 aliphatic rings. The predicted molar refractivity (Wildman–Crippen MR) is 101 cm³/mol. The number of thioether (sulfide) groups is 1. The Morgan fingerprint density at radius 1 is 1.25 bits per heavy atom. The molecule has 0 saturated heterocycles. The molecule has 1 heterocycles. The van der Waals surface area contributed by atoms with Crippen LogP contribution in [0.25, 0.3) is 10.2 Å². The molecule has 0 spiro atoms. The van der Waals surface area contributed by atoms with Crippen LogP contribution in [0.5, 0.6) is 0 Å². The molecule has 122 valence electrons. The van der Waals surface area contributed by atoms with E-state index in [1.54, 1.807) is 11.3 Å². The number of amides is 1. The van der Waals surface area contributed by atoms with Gasteiger partial charge in [-0.3, -0.25) is 4.79 Å². The second-order valence-corrected chi connectivity index (χ2v) is 8.25. The Hall–Kier alpha value is -1.85. The quantitative estimate of drug-likeness (QED) is 0.645. The van der Waals surface area contributed by atoms with Gasteiger partial charge in [-0.05, 0) is 36.1 Å². The molecule has 0 saturated carbocycles. The predicted octanol–water partition coefficient (Wildman–Crippen LogP) is 4.53. The van der Waals surface area contributed by atoms with Gasteiger partial charge in [-0.25, -0.2) is 4.98 Å². The number of benzene rings is 2. The molecule has 5 heteroatoms. The van der Waals surface area contributed by atoms with Gasteiger partial charge in [0.05, 0.1) is 22.0 Å². The second kappa shape index (κ2) is 6.57. The summed E-state index contributed by atoms with van der Waals surface area (Å²) in [4.78, 5) is 19.1. The molecule has 0 fully saturated rings. The minimum Gasteiger partial charge on any atom is -0.338 e. The number of thiazole rings is 1. The Balaban J connectivity index is 1.43. The highest BCUT2D eigenvalue weighted by molar-refractivity contribution is 8.01. The minimum atomic E-state index is 0.168. The van der Waals surface area contributed by atoms with Crippen LogP contribution in [0.4, 0.5) is 0 Å². The van der Waals surface area contributed by atoms with Crippen LogP contribution in [0.1, 0.15) is 23.6 Å². The first-order valence-electron chi connectivity index (χ1n) is 8.04. The normalized spacial score (nSPS) is 16.3. The average Bonchev–Trinajstić information content (AvgIpc) is 3.22. The van der Waals surface area contributed by atoms with Crippen molar-refractivity contribution < 1.29 is 4.79 Å². The maximum absolute atomic E-state index is 12.6. The number of rotatable bonds is 4. The van der Waals surface area contributed by atoms with E-state index in [0.717, 1.165) is 22.7 Å². The van der Waals surface area contributed by atoms with Crippen molar-refractivity contribution >= 4 is 39.2 Å². The zero-order chi connectivity index (χ0) is 16.5. The van der Waals surface area contributed by atoms with Crippen LogP contribution >= 0.6 is 23.1 Å². The van der Waals surface area contributed by atoms with E-state index in [-0.39, 0.29) is 11.9 Å². The number of aromatic nitrogens is 1. The standard InChI is InChI=1S/C19H18N2OS2/c1-21(16-11-10-13-6-2-3-7-14(13)16)18(22)12-23-19-20-15-8-4-5-9-17(15)24-19/h2-9,16H,10-12H2,1H3/t16-/m1/s1. The van der Waals surface area contributed by atoms with Gasteiger partial charge in [0.2, 0.25) is 5.91 Å². The molecular weight excluding hydrogens is 336 g/mol. The van der Waals surface area contributed by atoms with Crippen LogP contribution in [0.15, 0.2) is 52.9 Å². The summed E-state index contributed by atoms with van der Waals surface area (Å²) in [7, 11) is 1.92. The van der Waals surface area contributed by atoms with E-state index in [0.29, 0.717) is 5.75 Å². The topological polar surface area (TPSA) is 33.2 Å². The number of aryl methyl sites for hydroxylation is 1. The van der Waals surface area contributed by atoms with Crippen LogP contribution in [0.3, 0.4) is 0 Å². The lowest BCUT2D eigenvalue weighted by Gasteiger charge is -2.25. The minimum absolute atomic E-state index is 0.168. The van der Waals surface area contributed by atoms with E-state index in [4.69, 9.17) is 0 Å². The highest BCUT2D eigenvalue weighted by atomic mass is 32.2.